The van der Waals surface area contributed by atoms with Gasteiger partial charge in [0, 0.05) is 17.0 Å². The van der Waals surface area contributed by atoms with E-state index in [2.05, 4.69) is 15.3 Å². The molecular weight excluding hydrogens is 377 g/mol. The highest BCUT2D eigenvalue weighted by Crippen LogP contribution is 2.26. The third-order valence-corrected chi connectivity index (χ3v) is 3.91. The predicted octanol–water partition coefficient (Wildman–Crippen LogP) is 4.66. The second kappa shape index (κ2) is 8.21. The SMILES string of the molecule is CON=C(c1noc(C)n1)c1cc(Cl)ccc1OCc1ccc(Cl)cc1. The van der Waals surface area contributed by atoms with Crippen LogP contribution in [0.1, 0.15) is 22.8 Å². The molecule has 0 amide bonds. The molecule has 0 radical (unpaired) electrons. The summed E-state index contributed by atoms with van der Waals surface area (Å²) in [7, 11) is 1.44. The molecule has 3 aromatic rings. The molecule has 134 valence electrons. The van der Waals surface area contributed by atoms with Crippen LogP contribution in [0.4, 0.5) is 0 Å². The molecular formula is C18H15Cl2N3O3. The summed E-state index contributed by atoms with van der Waals surface area (Å²) in [5.74, 6) is 1.25. The number of oxime groups is 1. The van der Waals surface area contributed by atoms with Gasteiger partial charge in [0.1, 0.15) is 19.5 Å². The van der Waals surface area contributed by atoms with Crippen LogP contribution in [0.5, 0.6) is 5.75 Å². The summed E-state index contributed by atoms with van der Waals surface area (Å²) in [6, 6.07) is 12.6. The number of halogens is 2. The van der Waals surface area contributed by atoms with E-state index in [1.807, 2.05) is 24.3 Å². The molecule has 2 aromatic carbocycles. The van der Waals surface area contributed by atoms with E-state index < -0.39 is 0 Å². The standard InChI is InChI=1S/C18H15Cl2N3O3/c1-11-21-18(23-26-11)17(22-24-2)15-9-14(20)7-8-16(15)25-10-12-3-5-13(19)6-4-12/h3-9H,10H2,1-2H3. The average molecular weight is 392 g/mol. The van der Waals surface area contributed by atoms with Crippen molar-refractivity contribution < 1.29 is 14.1 Å². The smallest absolute Gasteiger partial charge is 0.225 e. The summed E-state index contributed by atoms with van der Waals surface area (Å²) in [4.78, 5) is 9.15. The number of hydrogen-bond donors (Lipinski definition) is 0. The van der Waals surface area contributed by atoms with Crippen LogP contribution in [0.3, 0.4) is 0 Å². The lowest BCUT2D eigenvalue weighted by Gasteiger charge is -2.12. The Morgan fingerprint density at radius 3 is 2.50 bits per heavy atom. The maximum absolute atomic E-state index is 6.16. The van der Waals surface area contributed by atoms with Crippen LogP contribution in [0.25, 0.3) is 0 Å². The lowest BCUT2D eigenvalue weighted by atomic mass is 10.1. The fourth-order valence-corrected chi connectivity index (χ4v) is 2.55. The summed E-state index contributed by atoms with van der Waals surface area (Å²) in [6.07, 6.45) is 0. The first kappa shape index (κ1) is 18.2. The Labute approximate surface area is 160 Å². The molecule has 6 nitrogen and oxygen atoms in total. The number of aryl methyl sites for hydroxylation is 1. The molecule has 8 heteroatoms. The molecule has 0 aliphatic heterocycles. The van der Waals surface area contributed by atoms with E-state index in [1.165, 1.54) is 7.11 Å². The minimum Gasteiger partial charge on any atom is -0.488 e. The van der Waals surface area contributed by atoms with Crippen LogP contribution in [-0.4, -0.2) is 23.0 Å². The average Bonchev–Trinajstić information content (AvgIpc) is 3.06. The Balaban J connectivity index is 1.93. The Hall–Kier alpha value is -2.57. The lowest BCUT2D eigenvalue weighted by Crippen LogP contribution is -2.09. The maximum atomic E-state index is 6.16. The second-order valence-corrected chi connectivity index (χ2v) is 6.19. The molecule has 0 aliphatic rings. The van der Waals surface area contributed by atoms with E-state index in [-0.39, 0.29) is 5.82 Å². The van der Waals surface area contributed by atoms with Gasteiger partial charge in [0.05, 0.1) is 5.56 Å². The van der Waals surface area contributed by atoms with Crippen molar-refractivity contribution in [2.75, 3.05) is 7.11 Å². The van der Waals surface area contributed by atoms with Gasteiger partial charge in [-0.2, -0.15) is 4.98 Å². The largest absolute Gasteiger partial charge is 0.488 e. The molecule has 0 fully saturated rings. The van der Waals surface area contributed by atoms with Crippen LogP contribution in [0, 0.1) is 6.92 Å². The fraction of sp³-hybridized carbons (Fsp3) is 0.167. The van der Waals surface area contributed by atoms with Crippen LogP contribution in [0.15, 0.2) is 52.1 Å². The molecule has 0 N–H and O–H groups in total. The second-order valence-electron chi connectivity index (χ2n) is 5.32. The summed E-state index contributed by atoms with van der Waals surface area (Å²) < 4.78 is 11.0. The number of aromatic nitrogens is 2. The van der Waals surface area contributed by atoms with E-state index in [0.717, 1.165) is 5.56 Å². The summed E-state index contributed by atoms with van der Waals surface area (Å²) in [5.41, 5.74) is 1.92. The summed E-state index contributed by atoms with van der Waals surface area (Å²) in [6.45, 7) is 2.04. The number of rotatable bonds is 6. The van der Waals surface area contributed by atoms with Gasteiger partial charge in [0.25, 0.3) is 0 Å². The van der Waals surface area contributed by atoms with E-state index >= 15 is 0 Å². The minimum absolute atomic E-state index is 0.281. The zero-order valence-electron chi connectivity index (χ0n) is 14.1. The molecule has 0 saturated heterocycles. The first-order chi connectivity index (χ1) is 12.6. The monoisotopic (exact) mass is 391 g/mol. The molecule has 0 atom stereocenters. The zero-order chi connectivity index (χ0) is 18.5. The maximum Gasteiger partial charge on any atom is 0.225 e. The Morgan fingerprint density at radius 1 is 1.12 bits per heavy atom. The van der Waals surface area contributed by atoms with Crippen molar-refractivity contribution in [1.82, 2.24) is 10.1 Å². The van der Waals surface area contributed by atoms with Crippen LogP contribution < -0.4 is 4.74 Å². The molecule has 0 unspecified atom stereocenters. The van der Waals surface area contributed by atoms with Crippen molar-refractivity contribution in [2.24, 2.45) is 5.16 Å². The minimum atomic E-state index is 0.281. The molecule has 26 heavy (non-hydrogen) atoms. The molecule has 0 saturated carbocycles. The first-order valence-electron chi connectivity index (χ1n) is 7.66. The third-order valence-electron chi connectivity index (χ3n) is 3.43. The van der Waals surface area contributed by atoms with Crippen molar-refractivity contribution in [3.05, 3.63) is 75.4 Å². The van der Waals surface area contributed by atoms with Gasteiger partial charge < -0.3 is 14.1 Å². The number of nitrogens with zero attached hydrogens (tertiary/aromatic N) is 3. The Bertz CT molecular complexity index is 924. The molecule has 1 heterocycles. The predicted molar refractivity (Wildman–Crippen MR) is 98.9 cm³/mol. The lowest BCUT2D eigenvalue weighted by molar-refractivity contribution is 0.213. The third kappa shape index (κ3) is 4.33. The fourth-order valence-electron chi connectivity index (χ4n) is 2.25. The van der Waals surface area contributed by atoms with Crippen LogP contribution in [-0.2, 0) is 11.4 Å². The number of ether oxygens (including phenoxy) is 1. The quantitative estimate of drug-likeness (QED) is 0.451. The van der Waals surface area contributed by atoms with Gasteiger partial charge >= 0.3 is 0 Å². The van der Waals surface area contributed by atoms with Gasteiger partial charge in [-0.05, 0) is 35.9 Å². The van der Waals surface area contributed by atoms with Crippen molar-refractivity contribution in [2.45, 2.75) is 13.5 Å². The molecule has 0 bridgehead atoms. The van der Waals surface area contributed by atoms with Crippen molar-refractivity contribution in [1.29, 1.82) is 0 Å². The topological polar surface area (TPSA) is 69.7 Å². The first-order valence-corrected chi connectivity index (χ1v) is 8.41. The van der Waals surface area contributed by atoms with E-state index in [4.69, 9.17) is 37.3 Å². The van der Waals surface area contributed by atoms with Gasteiger partial charge in [-0.25, -0.2) is 0 Å². The van der Waals surface area contributed by atoms with E-state index in [9.17, 15) is 0 Å². The summed E-state index contributed by atoms with van der Waals surface area (Å²) in [5, 5.41) is 9.11. The summed E-state index contributed by atoms with van der Waals surface area (Å²) >= 11 is 12.1. The number of benzene rings is 2. The highest BCUT2D eigenvalue weighted by molar-refractivity contribution is 6.31. The Kier molecular flexibility index (Phi) is 5.75. The van der Waals surface area contributed by atoms with Gasteiger partial charge in [-0.3, -0.25) is 0 Å². The van der Waals surface area contributed by atoms with E-state index in [1.54, 1.807) is 25.1 Å². The van der Waals surface area contributed by atoms with Crippen molar-refractivity contribution >= 4 is 28.9 Å². The van der Waals surface area contributed by atoms with E-state index in [0.29, 0.717) is 39.6 Å². The van der Waals surface area contributed by atoms with Crippen LogP contribution >= 0.6 is 23.2 Å². The van der Waals surface area contributed by atoms with Gasteiger partial charge in [0.2, 0.25) is 11.7 Å². The highest BCUT2D eigenvalue weighted by Gasteiger charge is 2.20. The Morgan fingerprint density at radius 2 is 1.85 bits per heavy atom. The molecule has 3 rings (SSSR count). The molecule has 0 spiro atoms. The molecule has 1 aromatic heterocycles. The molecule has 0 aliphatic carbocycles. The normalized spacial score (nSPS) is 11.5. The number of hydrogen-bond acceptors (Lipinski definition) is 6. The highest BCUT2D eigenvalue weighted by atomic mass is 35.5. The zero-order valence-corrected chi connectivity index (χ0v) is 15.6. The van der Waals surface area contributed by atoms with Gasteiger partial charge in [-0.15, -0.1) is 0 Å². The van der Waals surface area contributed by atoms with Crippen molar-refractivity contribution in [3.63, 3.8) is 0 Å². The van der Waals surface area contributed by atoms with Crippen molar-refractivity contribution in [3.8, 4) is 5.75 Å². The van der Waals surface area contributed by atoms with Gasteiger partial charge in [-0.1, -0.05) is 45.6 Å². The van der Waals surface area contributed by atoms with Crippen LogP contribution in [0.2, 0.25) is 10.0 Å². The van der Waals surface area contributed by atoms with Gasteiger partial charge in [0.15, 0.2) is 5.71 Å².